The number of nitrogens with one attached hydrogen (secondary N) is 1. The van der Waals surface area contributed by atoms with Gasteiger partial charge < -0.3 is 9.72 Å². The van der Waals surface area contributed by atoms with Crippen molar-refractivity contribution >= 4 is 0 Å². The summed E-state index contributed by atoms with van der Waals surface area (Å²) in [6, 6.07) is 10.1. The Bertz CT molecular complexity index is 902. The topological polar surface area (TPSA) is 55.0 Å². The average molecular weight is 350 g/mol. The Labute approximate surface area is 154 Å². The number of H-pyrrole nitrogens is 1. The highest BCUT2D eigenvalue weighted by Crippen LogP contribution is 2.63. The van der Waals surface area contributed by atoms with Crippen LogP contribution in [0.15, 0.2) is 35.1 Å². The Hall–Kier alpha value is -2.10. The van der Waals surface area contributed by atoms with Crippen molar-refractivity contribution < 1.29 is 4.74 Å². The molecular weight excluding hydrogens is 324 g/mol. The van der Waals surface area contributed by atoms with Crippen molar-refractivity contribution in [1.29, 1.82) is 0 Å². The number of rotatable bonds is 2. The van der Waals surface area contributed by atoms with E-state index in [1.54, 1.807) is 0 Å². The van der Waals surface area contributed by atoms with Gasteiger partial charge in [-0.05, 0) is 50.0 Å². The van der Waals surface area contributed by atoms with Gasteiger partial charge in [-0.1, -0.05) is 37.3 Å². The summed E-state index contributed by atoms with van der Waals surface area (Å²) in [7, 11) is 0. The number of benzene rings is 1. The van der Waals surface area contributed by atoms with Crippen LogP contribution in [0.2, 0.25) is 0 Å². The number of hydrogen-bond acceptors (Lipinski definition) is 3. The van der Waals surface area contributed by atoms with Crippen LogP contribution < -0.4 is 10.3 Å². The number of nitrogens with zero attached hydrogens (tertiary/aromatic N) is 1. The lowest BCUT2D eigenvalue weighted by Gasteiger charge is -2.46. The quantitative estimate of drug-likeness (QED) is 0.893. The minimum absolute atomic E-state index is 0.00168. The zero-order chi connectivity index (χ0) is 18.1. The predicted molar refractivity (Wildman–Crippen MR) is 100 cm³/mol. The molecule has 3 aliphatic rings. The standard InChI is InChI=1S/C22H26N2O2/c1-12-14-10-16-17(11-15(12)14)22(2,3)26-21-19(16)20(25)23-18(24-21)9-13-7-5-4-6-8-13/h4-8,12,14-17H,9-11H2,1-3H3,(H,23,24,25)/t12?,14-,15-,16?,17?/m0/s1. The molecule has 2 heterocycles. The second kappa shape index (κ2) is 5.45. The fourth-order valence-electron chi connectivity index (χ4n) is 5.53. The van der Waals surface area contributed by atoms with Crippen LogP contribution in [0.5, 0.6) is 5.88 Å². The SMILES string of the molecule is CC1[C@@H]2CC3c4c(nc(Cc5ccccc5)[nH]c4=O)OC(C)(C)C3C[C@@H]12. The second-order valence-corrected chi connectivity index (χ2v) is 8.97. The largest absolute Gasteiger partial charge is 0.471 e. The number of hydrogen-bond donors (Lipinski definition) is 1. The van der Waals surface area contributed by atoms with Crippen molar-refractivity contribution in [1.82, 2.24) is 9.97 Å². The molecule has 5 atom stereocenters. The molecule has 26 heavy (non-hydrogen) atoms. The molecule has 0 bridgehead atoms. The lowest BCUT2D eigenvalue weighted by molar-refractivity contribution is -0.0137. The van der Waals surface area contributed by atoms with E-state index < -0.39 is 0 Å². The molecule has 0 saturated heterocycles. The van der Waals surface area contributed by atoms with Crippen molar-refractivity contribution in [3.8, 4) is 5.88 Å². The van der Waals surface area contributed by atoms with E-state index in [-0.39, 0.29) is 17.1 Å². The van der Waals surface area contributed by atoms with Gasteiger partial charge in [-0.3, -0.25) is 4.79 Å². The van der Waals surface area contributed by atoms with E-state index in [9.17, 15) is 4.79 Å². The summed E-state index contributed by atoms with van der Waals surface area (Å²) in [6.45, 7) is 6.69. The van der Waals surface area contributed by atoms with Crippen LogP contribution in [0.1, 0.15) is 56.5 Å². The van der Waals surface area contributed by atoms with E-state index in [1.807, 2.05) is 18.2 Å². The Morgan fingerprint density at radius 2 is 1.92 bits per heavy atom. The summed E-state index contributed by atoms with van der Waals surface area (Å²) in [5.41, 5.74) is 1.66. The van der Waals surface area contributed by atoms with E-state index in [0.29, 0.717) is 24.0 Å². The first-order chi connectivity index (χ1) is 12.4. The molecule has 0 spiro atoms. The Morgan fingerprint density at radius 3 is 2.69 bits per heavy atom. The molecular formula is C22H26N2O2. The fraction of sp³-hybridized carbons (Fsp3) is 0.545. The van der Waals surface area contributed by atoms with Crippen molar-refractivity contribution in [2.24, 2.45) is 23.7 Å². The maximum atomic E-state index is 13.0. The van der Waals surface area contributed by atoms with E-state index in [1.165, 1.54) is 6.42 Å². The monoisotopic (exact) mass is 350 g/mol. The molecule has 5 rings (SSSR count). The van der Waals surface area contributed by atoms with Crippen molar-refractivity contribution in [3.63, 3.8) is 0 Å². The maximum absolute atomic E-state index is 13.0. The van der Waals surface area contributed by atoms with Crippen LogP contribution in [0.4, 0.5) is 0 Å². The normalized spacial score (nSPS) is 33.4. The number of fused-ring (bicyclic) bond motifs is 4. The van der Waals surface area contributed by atoms with Gasteiger partial charge in [0.05, 0.1) is 5.56 Å². The summed E-state index contributed by atoms with van der Waals surface area (Å²) >= 11 is 0. The summed E-state index contributed by atoms with van der Waals surface area (Å²) in [5, 5.41) is 0. The first kappa shape index (κ1) is 16.1. The van der Waals surface area contributed by atoms with Crippen LogP contribution >= 0.6 is 0 Å². The van der Waals surface area contributed by atoms with Gasteiger partial charge in [0.15, 0.2) is 0 Å². The highest BCUT2D eigenvalue weighted by molar-refractivity contribution is 5.35. The molecule has 2 saturated carbocycles. The number of ether oxygens (including phenoxy) is 1. The fourth-order valence-corrected chi connectivity index (χ4v) is 5.53. The molecule has 2 aliphatic carbocycles. The second-order valence-electron chi connectivity index (χ2n) is 8.97. The van der Waals surface area contributed by atoms with Crippen molar-refractivity contribution in [2.75, 3.05) is 0 Å². The lowest BCUT2D eigenvalue weighted by atomic mass is 9.67. The van der Waals surface area contributed by atoms with E-state index >= 15 is 0 Å². The van der Waals surface area contributed by atoms with Gasteiger partial charge in [0, 0.05) is 18.3 Å². The molecule has 0 radical (unpaired) electrons. The number of aromatic nitrogens is 2. The van der Waals surface area contributed by atoms with E-state index in [0.717, 1.165) is 35.3 Å². The summed E-state index contributed by atoms with van der Waals surface area (Å²) < 4.78 is 6.32. The molecule has 2 fully saturated rings. The van der Waals surface area contributed by atoms with Crippen LogP contribution in [0.3, 0.4) is 0 Å². The molecule has 4 heteroatoms. The molecule has 2 aromatic rings. The lowest BCUT2D eigenvalue weighted by Crippen LogP contribution is -2.48. The van der Waals surface area contributed by atoms with Crippen molar-refractivity contribution in [2.45, 2.75) is 51.6 Å². The highest BCUT2D eigenvalue weighted by Gasteiger charge is 2.59. The van der Waals surface area contributed by atoms with Crippen LogP contribution in [0.25, 0.3) is 0 Å². The molecule has 3 unspecified atom stereocenters. The van der Waals surface area contributed by atoms with Gasteiger partial charge in [-0.15, -0.1) is 0 Å². The highest BCUT2D eigenvalue weighted by atomic mass is 16.5. The average Bonchev–Trinajstić information content (AvgIpc) is 3.23. The molecule has 1 aliphatic heterocycles. The Kier molecular flexibility index (Phi) is 3.37. The Balaban J connectivity index is 1.54. The van der Waals surface area contributed by atoms with Gasteiger partial charge in [0.1, 0.15) is 11.4 Å². The molecule has 1 aromatic carbocycles. The van der Waals surface area contributed by atoms with Gasteiger partial charge >= 0.3 is 0 Å². The molecule has 136 valence electrons. The van der Waals surface area contributed by atoms with Gasteiger partial charge in [0.2, 0.25) is 5.88 Å². The third-order valence-electron chi connectivity index (χ3n) is 7.10. The smallest absolute Gasteiger partial charge is 0.258 e. The van der Waals surface area contributed by atoms with Gasteiger partial charge in [-0.25, -0.2) is 0 Å². The van der Waals surface area contributed by atoms with E-state index in [4.69, 9.17) is 9.72 Å². The van der Waals surface area contributed by atoms with Crippen molar-refractivity contribution in [3.05, 3.63) is 57.6 Å². The molecule has 1 N–H and O–H groups in total. The predicted octanol–water partition coefficient (Wildman–Crippen LogP) is 3.91. The minimum atomic E-state index is -0.268. The van der Waals surface area contributed by atoms with Gasteiger partial charge in [-0.2, -0.15) is 4.98 Å². The molecule has 1 aromatic heterocycles. The maximum Gasteiger partial charge on any atom is 0.258 e. The summed E-state index contributed by atoms with van der Waals surface area (Å²) in [4.78, 5) is 20.7. The number of aromatic amines is 1. The zero-order valence-electron chi connectivity index (χ0n) is 15.7. The molecule has 4 nitrogen and oxygen atoms in total. The molecule has 0 amide bonds. The first-order valence-corrected chi connectivity index (χ1v) is 9.80. The third-order valence-corrected chi connectivity index (χ3v) is 7.10. The Morgan fingerprint density at radius 1 is 1.19 bits per heavy atom. The zero-order valence-corrected chi connectivity index (χ0v) is 15.7. The van der Waals surface area contributed by atoms with E-state index in [2.05, 4.69) is 37.9 Å². The van der Waals surface area contributed by atoms with Crippen LogP contribution in [-0.4, -0.2) is 15.6 Å². The minimum Gasteiger partial charge on any atom is -0.471 e. The first-order valence-electron chi connectivity index (χ1n) is 9.80. The summed E-state index contributed by atoms with van der Waals surface area (Å²) in [5.74, 6) is 4.34. The summed E-state index contributed by atoms with van der Waals surface area (Å²) in [6.07, 6.45) is 2.90. The van der Waals surface area contributed by atoms with Gasteiger partial charge in [0.25, 0.3) is 5.56 Å². The third kappa shape index (κ3) is 2.42. The van der Waals surface area contributed by atoms with Crippen LogP contribution in [-0.2, 0) is 6.42 Å². The van der Waals surface area contributed by atoms with Crippen LogP contribution in [0, 0.1) is 23.7 Å².